The van der Waals surface area contributed by atoms with Gasteiger partial charge in [0.2, 0.25) is 5.52 Å². The van der Waals surface area contributed by atoms with Gasteiger partial charge in [-0.15, -0.1) is 0 Å². The number of anilines is 1. The number of thiazole rings is 1. The van der Waals surface area contributed by atoms with Crippen molar-refractivity contribution in [2.45, 2.75) is 0 Å². The van der Waals surface area contributed by atoms with E-state index in [0.29, 0.717) is 18.0 Å². The van der Waals surface area contributed by atoms with Crippen LogP contribution < -0.4 is 9.47 Å². The van der Waals surface area contributed by atoms with Crippen molar-refractivity contribution in [3.05, 3.63) is 65.4 Å². The molecule has 0 unspecified atom stereocenters. The molecule has 114 valence electrons. The molecule has 5 heteroatoms. The van der Waals surface area contributed by atoms with E-state index in [1.54, 1.807) is 11.3 Å². The van der Waals surface area contributed by atoms with Gasteiger partial charge in [0.1, 0.15) is 28.9 Å². The van der Waals surface area contributed by atoms with Gasteiger partial charge in [-0.2, -0.15) is 4.57 Å². The largest absolute Gasteiger partial charge is 0.509 e. The van der Waals surface area contributed by atoms with Gasteiger partial charge in [-0.25, -0.2) is 0 Å². The van der Waals surface area contributed by atoms with E-state index in [-0.39, 0.29) is 5.76 Å². The minimum atomic E-state index is 0.251. The second-order valence-corrected chi connectivity index (χ2v) is 6.56. The van der Waals surface area contributed by atoms with Gasteiger partial charge in [0.15, 0.2) is 0 Å². The summed E-state index contributed by atoms with van der Waals surface area (Å²) in [4.78, 5) is 1.83. The molecule has 4 nitrogen and oxygen atoms in total. The van der Waals surface area contributed by atoms with Crippen molar-refractivity contribution in [1.82, 2.24) is 0 Å². The summed E-state index contributed by atoms with van der Waals surface area (Å²) in [6, 6.07) is 17.9. The summed E-state index contributed by atoms with van der Waals surface area (Å²) in [6.45, 7) is 0.340. The predicted octanol–water partition coefficient (Wildman–Crippen LogP) is 3.49. The molecule has 3 aromatic rings. The van der Waals surface area contributed by atoms with E-state index < -0.39 is 0 Å². The van der Waals surface area contributed by atoms with Crippen LogP contribution in [0.4, 0.5) is 5.69 Å². The van der Waals surface area contributed by atoms with Crippen LogP contribution in [-0.4, -0.2) is 17.5 Å². The average Bonchev–Trinajstić information content (AvgIpc) is 3.05. The maximum atomic E-state index is 10.5. The zero-order valence-corrected chi connectivity index (χ0v) is 13.5. The van der Waals surface area contributed by atoms with Gasteiger partial charge < -0.3 is 10.0 Å². The third-order valence-electron chi connectivity index (χ3n) is 4.12. The predicted molar refractivity (Wildman–Crippen MR) is 94.1 cm³/mol. The standard InChI is InChI=1S/C18H15N3OS/c1-20-13-9-5-6-10-15(13)23-18(20)16-14(22)11-21(17(16)19)12-7-3-2-4-8-12/h2-10,19H,11H2,1H3/p+1. The third-order valence-corrected chi connectivity index (χ3v) is 5.36. The number of aliphatic hydroxyl groups excluding tert-OH is 1. The average molecular weight is 322 g/mol. The first-order valence-electron chi connectivity index (χ1n) is 7.38. The Kier molecular flexibility index (Phi) is 3.16. The lowest BCUT2D eigenvalue weighted by molar-refractivity contribution is -0.642. The summed E-state index contributed by atoms with van der Waals surface area (Å²) in [6.07, 6.45) is 0. The molecule has 2 aromatic carbocycles. The van der Waals surface area contributed by atoms with E-state index in [0.717, 1.165) is 20.9 Å². The van der Waals surface area contributed by atoms with Crippen molar-refractivity contribution in [2.75, 3.05) is 11.4 Å². The summed E-state index contributed by atoms with van der Waals surface area (Å²) in [5, 5.41) is 19.9. The van der Waals surface area contributed by atoms with Crippen LogP contribution in [0.3, 0.4) is 0 Å². The highest BCUT2D eigenvalue weighted by atomic mass is 32.1. The number of aliphatic hydroxyl groups is 1. The smallest absolute Gasteiger partial charge is 0.277 e. The van der Waals surface area contributed by atoms with E-state index >= 15 is 0 Å². The van der Waals surface area contributed by atoms with Crippen LogP contribution >= 0.6 is 11.3 Å². The number of nitrogens with one attached hydrogen (secondary N) is 1. The highest BCUT2D eigenvalue weighted by Crippen LogP contribution is 2.33. The molecule has 0 saturated carbocycles. The highest BCUT2D eigenvalue weighted by Gasteiger charge is 2.35. The Labute approximate surface area is 138 Å². The Hall–Kier alpha value is -2.66. The molecule has 1 aliphatic heterocycles. The molecule has 0 saturated heterocycles. The first kappa shape index (κ1) is 14.0. The molecule has 0 atom stereocenters. The number of rotatable bonds is 2. The molecule has 0 spiro atoms. The van der Waals surface area contributed by atoms with Crippen LogP contribution in [-0.2, 0) is 7.05 Å². The molecule has 0 amide bonds. The van der Waals surface area contributed by atoms with Crippen LogP contribution in [0.2, 0.25) is 0 Å². The fourth-order valence-corrected chi connectivity index (χ4v) is 4.17. The van der Waals surface area contributed by atoms with Gasteiger partial charge in [-0.3, -0.25) is 5.41 Å². The third kappa shape index (κ3) is 2.12. The molecule has 2 heterocycles. The van der Waals surface area contributed by atoms with Crippen LogP contribution in [0.1, 0.15) is 5.01 Å². The Bertz CT molecular complexity index is 943. The second-order valence-electron chi connectivity index (χ2n) is 5.53. The van der Waals surface area contributed by atoms with Gasteiger partial charge in [0, 0.05) is 11.8 Å². The Morgan fingerprint density at radius 2 is 1.78 bits per heavy atom. The summed E-state index contributed by atoms with van der Waals surface area (Å²) >= 11 is 1.60. The Balaban J connectivity index is 1.80. The lowest BCUT2D eigenvalue weighted by Crippen LogP contribution is -2.33. The lowest BCUT2D eigenvalue weighted by atomic mass is 10.2. The van der Waals surface area contributed by atoms with Crippen LogP contribution in [0, 0.1) is 5.41 Å². The maximum Gasteiger partial charge on any atom is 0.277 e. The number of hydrogen-bond acceptors (Lipinski definition) is 3. The van der Waals surface area contributed by atoms with E-state index in [4.69, 9.17) is 5.41 Å². The summed E-state index contributed by atoms with van der Waals surface area (Å²) in [7, 11) is 1.98. The molecule has 0 aliphatic carbocycles. The zero-order chi connectivity index (χ0) is 16.0. The first-order chi connectivity index (χ1) is 11.2. The topological polar surface area (TPSA) is 51.2 Å². The molecular weight excluding hydrogens is 306 g/mol. The van der Waals surface area contributed by atoms with E-state index in [1.807, 2.05) is 54.4 Å². The van der Waals surface area contributed by atoms with Gasteiger partial charge >= 0.3 is 0 Å². The number of amidine groups is 1. The molecule has 0 radical (unpaired) electrons. The normalized spacial score (nSPS) is 15.0. The summed E-state index contributed by atoms with van der Waals surface area (Å²) in [5.74, 6) is 0.594. The fourth-order valence-electron chi connectivity index (χ4n) is 2.95. The van der Waals surface area contributed by atoms with Gasteiger partial charge in [-0.1, -0.05) is 41.7 Å². The number of para-hydroxylation sites is 2. The Morgan fingerprint density at radius 3 is 2.52 bits per heavy atom. The second kappa shape index (κ2) is 5.21. The number of benzene rings is 2. The fraction of sp³-hybridized carbons (Fsp3) is 0.111. The minimum Gasteiger partial charge on any atom is -0.509 e. The van der Waals surface area contributed by atoms with Crippen molar-refractivity contribution in [3.63, 3.8) is 0 Å². The first-order valence-corrected chi connectivity index (χ1v) is 8.20. The number of fused-ring (bicyclic) bond motifs is 1. The quantitative estimate of drug-likeness (QED) is 0.710. The molecule has 1 aliphatic rings. The summed E-state index contributed by atoms with van der Waals surface area (Å²) < 4.78 is 3.20. The van der Waals surface area contributed by atoms with Crippen molar-refractivity contribution < 1.29 is 9.67 Å². The van der Waals surface area contributed by atoms with Crippen molar-refractivity contribution >= 4 is 38.6 Å². The molecule has 0 bridgehead atoms. The Morgan fingerprint density at radius 1 is 1.09 bits per heavy atom. The summed E-state index contributed by atoms with van der Waals surface area (Å²) in [5.41, 5.74) is 2.65. The monoisotopic (exact) mass is 322 g/mol. The molecular formula is C18H16N3OS+. The van der Waals surface area contributed by atoms with Gasteiger partial charge in [-0.05, 0) is 18.2 Å². The van der Waals surface area contributed by atoms with E-state index in [1.165, 1.54) is 0 Å². The van der Waals surface area contributed by atoms with Crippen LogP contribution in [0.5, 0.6) is 0 Å². The highest BCUT2D eigenvalue weighted by molar-refractivity contribution is 7.19. The molecule has 1 aromatic heterocycles. The van der Waals surface area contributed by atoms with E-state index in [2.05, 4.69) is 16.7 Å². The van der Waals surface area contributed by atoms with Crippen molar-refractivity contribution in [3.8, 4) is 0 Å². The molecule has 2 N–H and O–H groups in total. The van der Waals surface area contributed by atoms with Gasteiger partial charge in [0.05, 0.1) is 6.54 Å². The van der Waals surface area contributed by atoms with E-state index in [9.17, 15) is 5.11 Å². The SMILES string of the molecule is C[n+]1c(C2=C(O)CN(c3ccccc3)C2=N)sc2ccccc21. The molecule has 0 fully saturated rings. The molecule has 23 heavy (non-hydrogen) atoms. The lowest BCUT2D eigenvalue weighted by Gasteiger charge is -2.17. The number of hydrogen-bond donors (Lipinski definition) is 2. The number of nitrogens with zero attached hydrogens (tertiary/aromatic N) is 2. The zero-order valence-electron chi connectivity index (χ0n) is 12.7. The minimum absolute atomic E-state index is 0.251. The van der Waals surface area contributed by atoms with Crippen molar-refractivity contribution in [2.24, 2.45) is 7.05 Å². The van der Waals surface area contributed by atoms with Crippen LogP contribution in [0.25, 0.3) is 15.8 Å². The number of aryl methyl sites for hydroxylation is 1. The van der Waals surface area contributed by atoms with Crippen molar-refractivity contribution in [1.29, 1.82) is 5.41 Å². The maximum absolute atomic E-state index is 10.5. The molecule has 4 rings (SSSR count). The van der Waals surface area contributed by atoms with Gasteiger partial charge in [0.25, 0.3) is 5.01 Å². The van der Waals surface area contributed by atoms with Crippen LogP contribution in [0.15, 0.2) is 60.4 Å². The number of aromatic nitrogens is 1.